The minimum atomic E-state index is -0.138. The van der Waals surface area contributed by atoms with Gasteiger partial charge in [-0.25, -0.2) is 4.79 Å². The molecule has 0 unspecified atom stereocenters. The van der Waals surface area contributed by atoms with Crippen LogP contribution in [0.3, 0.4) is 0 Å². The van der Waals surface area contributed by atoms with E-state index in [1.807, 2.05) is 4.90 Å². The first-order valence-corrected chi connectivity index (χ1v) is 8.26. The summed E-state index contributed by atoms with van der Waals surface area (Å²) in [5.74, 6) is 0.131. The lowest BCUT2D eigenvalue weighted by Crippen LogP contribution is -2.54. The van der Waals surface area contributed by atoms with E-state index < -0.39 is 0 Å². The van der Waals surface area contributed by atoms with Crippen LogP contribution in [0.25, 0.3) is 0 Å². The molecule has 1 N–H and O–H groups in total. The molecule has 0 aliphatic carbocycles. The Morgan fingerprint density at radius 3 is 2.29 bits per heavy atom. The largest absolute Gasteiger partial charge is 0.379 e. The van der Waals surface area contributed by atoms with Gasteiger partial charge in [0.1, 0.15) is 0 Å². The molecule has 0 atom stereocenters. The molecule has 8 nitrogen and oxygen atoms in total. The minimum absolute atomic E-state index is 0.131. The number of anilines is 1. The summed E-state index contributed by atoms with van der Waals surface area (Å²) in [7, 11) is 0. The molecule has 2 fully saturated rings. The number of aromatic nitrogens is 1. The molecule has 24 heavy (non-hydrogen) atoms. The smallest absolute Gasteiger partial charge is 0.321 e. The summed E-state index contributed by atoms with van der Waals surface area (Å²) in [6.45, 7) is 5.68. The van der Waals surface area contributed by atoms with Crippen LogP contribution in [0.4, 0.5) is 10.5 Å². The molecule has 3 amide bonds. The van der Waals surface area contributed by atoms with Gasteiger partial charge in [0.15, 0.2) is 0 Å². The number of ether oxygens (including phenoxy) is 1. The normalized spacial score (nSPS) is 19.2. The van der Waals surface area contributed by atoms with Gasteiger partial charge in [-0.1, -0.05) is 0 Å². The number of pyridine rings is 1. The zero-order valence-corrected chi connectivity index (χ0v) is 13.7. The maximum absolute atomic E-state index is 12.4. The SMILES string of the molecule is O=C(CN1CCOCC1)N1CCN(C(=O)Nc2ccncc2)CC1. The van der Waals surface area contributed by atoms with Crippen molar-refractivity contribution in [2.45, 2.75) is 0 Å². The third-order valence-corrected chi connectivity index (χ3v) is 4.31. The third kappa shape index (κ3) is 4.42. The van der Waals surface area contributed by atoms with Crippen LogP contribution in [-0.4, -0.2) is 90.6 Å². The van der Waals surface area contributed by atoms with Crippen LogP contribution in [0.1, 0.15) is 0 Å². The Bertz CT molecular complexity index is 554. The van der Waals surface area contributed by atoms with Gasteiger partial charge in [-0.15, -0.1) is 0 Å². The molecule has 1 aromatic heterocycles. The van der Waals surface area contributed by atoms with Crippen molar-refractivity contribution < 1.29 is 14.3 Å². The zero-order chi connectivity index (χ0) is 16.8. The quantitative estimate of drug-likeness (QED) is 0.848. The molecule has 2 saturated heterocycles. The first-order valence-electron chi connectivity index (χ1n) is 8.26. The van der Waals surface area contributed by atoms with Crippen LogP contribution in [0.15, 0.2) is 24.5 Å². The van der Waals surface area contributed by atoms with Crippen molar-refractivity contribution in [1.82, 2.24) is 19.7 Å². The summed E-state index contributed by atoms with van der Waals surface area (Å²) in [6, 6.07) is 3.36. The van der Waals surface area contributed by atoms with Gasteiger partial charge < -0.3 is 19.9 Å². The van der Waals surface area contributed by atoms with Crippen LogP contribution in [0, 0.1) is 0 Å². The number of rotatable bonds is 3. The molecule has 2 aliphatic rings. The van der Waals surface area contributed by atoms with E-state index in [4.69, 9.17) is 4.74 Å². The molecule has 8 heteroatoms. The molecule has 0 bridgehead atoms. The van der Waals surface area contributed by atoms with Gasteiger partial charge in [-0.3, -0.25) is 14.7 Å². The Morgan fingerprint density at radius 2 is 1.62 bits per heavy atom. The molecule has 0 saturated carbocycles. The molecule has 0 spiro atoms. The number of piperazine rings is 1. The molecule has 3 rings (SSSR count). The highest BCUT2D eigenvalue weighted by atomic mass is 16.5. The van der Waals surface area contributed by atoms with E-state index >= 15 is 0 Å². The van der Waals surface area contributed by atoms with Crippen molar-refractivity contribution in [3.05, 3.63) is 24.5 Å². The average molecular weight is 333 g/mol. The van der Waals surface area contributed by atoms with E-state index in [9.17, 15) is 9.59 Å². The van der Waals surface area contributed by atoms with Crippen molar-refractivity contribution >= 4 is 17.6 Å². The van der Waals surface area contributed by atoms with Gasteiger partial charge in [0, 0.05) is 57.3 Å². The lowest BCUT2D eigenvalue weighted by Gasteiger charge is -2.36. The second kappa shape index (κ2) is 8.07. The van der Waals surface area contributed by atoms with Crippen molar-refractivity contribution in [2.75, 3.05) is 64.3 Å². The summed E-state index contributed by atoms with van der Waals surface area (Å²) in [5.41, 5.74) is 0.723. The number of amides is 3. The van der Waals surface area contributed by atoms with Crippen LogP contribution < -0.4 is 5.32 Å². The van der Waals surface area contributed by atoms with Crippen molar-refractivity contribution in [1.29, 1.82) is 0 Å². The van der Waals surface area contributed by atoms with Gasteiger partial charge in [-0.05, 0) is 12.1 Å². The van der Waals surface area contributed by atoms with Gasteiger partial charge in [0.2, 0.25) is 5.91 Å². The van der Waals surface area contributed by atoms with Crippen LogP contribution in [0.5, 0.6) is 0 Å². The first-order chi connectivity index (χ1) is 11.7. The fraction of sp³-hybridized carbons (Fsp3) is 0.562. The maximum atomic E-state index is 12.4. The van der Waals surface area contributed by atoms with Crippen molar-refractivity contribution in [3.8, 4) is 0 Å². The number of nitrogens with one attached hydrogen (secondary N) is 1. The Labute approximate surface area is 141 Å². The van der Waals surface area contributed by atoms with Gasteiger partial charge in [0.25, 0.3) is 0 Å². The molecule has 0 aromatic carbocycles. The minimum Gasteiger partial charge on any atom is -0.379 e. The maximum Gasteiger partial charge on any atom is 0.321 e. The molecule has 3 heterocycles. The number of hydrogen-bond acceptors (Lipinski definition) is 5. The Balaban J connectivity index is 1.43. The fourth-order valence-corrected chi connectivity index (χ4v) is 2.85. The number of carbonyl (C=O) groups is 2. The average Bonchev–Trinajstić information content (AvgIpc) is 2.63. The highest BCUT2D eigenvalue weighted by Gasteiger charge is 2.25. The van der Waals surface area contributed by atoms with Crippen LogP contribution >= 0.6 is 0 Å². The van der Waals surface area contributed by atoms with E-state index in [-0.39, 0.29) is 11.9 Å². The number of hydrogen-bond donors (Lipinski definition) is 1. The van der Waals surface area contributed by atoms with Gasteiger partial charge >= 0.3 is 6.03 Å². The van der Waals surface area contributed by atoms with E-state index in [1.165, 1.54) is 0 Å². The van der Waals surface area contributed by atoms with E-state index in [0.717, 1.165) is 18.8 Å². The highest BCUT2D eigenvalue weighted by molar-refractivity contribution is 5.89. The number of carbonyl (C=O) groups excluding carboxylic acids is 2. The molecule has 130 valence electrons. The molecule has 2 aliphatic heterocycles. The van der Waals surface area contributed by atoms with Crippen LogP contribution in [-0.2, 0) is 9.53 Å². The zero-order valence-electron chi connectivity index (χ0n) is 13.7. The number of morpholine rings is 1. The lowest BCUT2D eigenvalue weighted by molar-refractivity contribution is -0.134. The van der Waals surface area contributed by atoms with E-state index in [0.29, 0.717) is 45.9 Å². The lowest BCUT2D eigenvalue weighted by atomic mass is 10.3. The van der Waals surface area contributed by atoms with E-state index in [2.05, 4.69) is 15.2 Å². The summed E-state index contributed by atoms with van der Waals surface area (Å²) in [5, 5.41) is 2.84. The van der Waals surface area contributed by atoms with Crippen LogP contribution in [0.2, 0.25) is 0 Å². The predicted molar refractivity (Wildman–Crippen MR) is 88.7 cm³/mol. The Kier molecular flexibility index (Phi) is 5.60. The van der Waals surface area contributed by atoms with Gasteiger partial charge in [0.05, 0.1) is 19.8 Å². The summed E-state index contributed by atoms with van der Waals surface area (Å²) < 4.78 is 5.29. The second-order valence-electron chi connectivity index (χ2n) is 5.92. The van der Waals surface area contributed by atoms with E-state index in [1.54, 1.807) is 29.4 Å². The molecule has 1 aromatic rings. The monoisotopic (exact) mass is 333 g/mol. The summed E-state index contributed by atoms with van der Waals surface area (Å²) >= 11 is 0. The fourth-order valence-electron chi connectivity index (χ4n) is 2.85. The predicted octanol–water partition coefficient (Wildman–Crippen LogP) is 0.0899. The highest BCUT2D eigenvalue weighted by Crippen LogP contribution is 2.09. The topological polar surface area (TPSA) is 78.0 Å². The number of nitrogens with zero attached hydrogens (tertiary/aromatic N) is 4. The summed E-state index contributed by atoms with van der Waals surface area (Å²) in [6.07, 6.45) is 3.27. The van der Waals surface area contributed by atoms with Gasteiger partial charge in [-0.2, -0.15) is 0 Å². The molecular weight excluding hydrogens is 310 g/mol. The second-order valence-corrected chi connectivity index (χ2v) is 5.92. The Morgan fingerprint density at radius 1 is 1.00 bits per heavy atom. The standard InChI is InChI=1S/C16H23N5O3/c22-15(13-19-9-11-24-12-10-19)20-5-7-21(8-6-20)16(23)18-14-1-3-17-4-2-14/h1-4H,5-13H2,(H,17,18,23). The first kappa shape index (κ1) is 16.7. The third-order valence-electron chi connectivity index (χ3n) is 4.31. The van der Waals surface area contributed by atoms with Crippen molar-refractivity contribution in [2.24, 2.45) is 0 Å². The number of urea groups is 1. The Hall–Kier alpha value is -2.19. The molecule has 0 radical (unpaired) electrons. The molecular formula is C16H23N5O3. The summed E-state index contributed by atoms with van der Waals surface area (Å²) in [4.78, 5) is 34.2. The van der Waals surface area contributed by atoms with Crippen molar-refractivity contribution in [3.63, 3.8) is 0 Å².